The molecule has 7 nitrogen and oxygen atoms in total. The Balaban J connectivity index is 1.94. The largest absolute Gasteiger partial charge is 0.479 e. The molecule has 0 unspecified atom stereocenters. The lowest BCUT2D eigenvalue weighted by Crippen LogP contribution is -2.41. The molecular weight excluding hydrogens is 324 g/mol. The minimum absolute atomic E-state index is 0.122. The minimum atomic E-state index is -1.07. The predicted molar refractivity (Wildman–Crippen MR) is 92.5 cm³/mol. The summed E-state index contributed by atoms with van der Waals surface area (Å²) in [6, 6.07) is 3.96. The first kappa shape index (κ1) is 18.9. The van der Waals surface area contributed by atoms with Gasteiger partial charge >= 0.3 is 5.97 Å². The van der Waals surface area contributed by atoms with Crippen LogP contribution in [0.1, 0.15) is 29.5 Å². The van der Waals surface area contributed by atoms with E-state index in [2.05, 4.69) is 5.32 Å². The highest BCUT2D eigenvalue weighted by molar-refractivity contribution is 5.96. The second-order valence-electron chi connectivity index (χ2n) is 6.55. The number of hydrogen-bond acceptors (Lipinski definition) is 4. The van der Waals surface area contributed by atoms with Crippen molar-refractivity contribution in [3.63, 3.8) is 0 Å². The van der Waals surface area contributed by atoms with E-state index in [9.17, 15) is 14.4 Å². The predicted octanol–water partition coefficient (Wildman–Crippen LogP) is 1.64. The van der Waals surface area contributed by atoms with E-state index in [0.29, 0.717) is 12.8 Å². The Morgan fingerprint density at radius 1 is 1.16 bits per heavy atom. The Kier molecular flexibility index (Phi) is 5.79. The second-order valence-corrected chi connectivity index (χ2v) is 6.55. The molecule has 25 heavy (non-hydrogen) atoms. The second kappa shape index (κ2) is 7.65. The summed E-state index contributed by atoms with van der Waals surface area (Å²) in [5.41, 5.74) is 3.79. The maximum atomic E-state index is 12.3. The summed E-state index contributed by atoms with van der Waals surface area (Å²) in [4.78, 5) is 36.7. The van der Waals surface area contributed by atoms with E-state index in [0.717, 1.165) is 22.4 Å². The number of amides is 2. The van der Waals surface area contributed by atoms with Gasteiger partial charge in [0.1, 0.15) is 6.10 Å². The molecule has 136 valence electrons. The van der Waals surface area contributed by atoms with Crippen LogP contribution in [0.15, 0.2) is 12.1 Å². The lowest BCUT2D eigenvalue weighted by atomic mass is 10.1. The van der Waals surface area contributed by atoms with Crippen molar-refractivity contribution < 1.29 is 24.2 Å². The number of ether oxygens (including phenoxy) is 1. The van der Waals surface area contributed by atoms with Gasteiger partial charge in [-0.3, -0.25) is 9.59 Å². The number of aliphatic carboxylic acids is 1. The first-order chi connectivity index (χ1) is 11.7. The highest BCUT2D eigenvalue weighted by Gasteiger charge is 2.36. The van der Waals surface area contributed by atoms with Gasteiger partial charge in [0.25, 0.3) is 5.91 Å². The number of aryl methyl sites for hydroxylation is 3. The molecule has 0 saturated carbocycles. The molecule has 7 heteroatoms. The summed E-state index contributed by atoms with van der Waals surface area (Å²) in [6.45, 7) is 5.71. The van der Waals surface area contributed by atoms with Gasteiger partial charge in [0, 0.05) is 12.7 Å². The van der Waals surface area contributed by atoms with E-state index in [4.69, 9.17) is 9.84 Å². The normalized spacial score (nSPS) is 19.5. The number of likely N-dealkylation sites (N-methyl/N-ethyl adjacent to an activating group) is 1. The Hall–Kier alpha value is -2.41. The number of carbonyl (C=O) groups is 3. The van der Waals surface area contributed by atoms with Crippen molar-refractivity contribution >= 4 is 23.5 Å². The van der Waals surface area contributed by atoms with Crippen molar-refractivity contribution in [2.24, 2.45) is 0 Å². The van der Waals surface area contributed by atoms with Gasteiger partial charge in [-0.05, 0) is 44.7 Å². The third-order valence-corrected chi connectivity index (χ3v) is 4.27. The van der Waals surface area contributed by atoms with Crippen molar-refractivity contribution in [2.75, 3.05) is 18.9 Å². The van der Waals surface area contributed by atoms with E-state index in [1.165, 1.54) is 11.9 Å². The van der Waals surface area contributed by atoms with Crippen LogP contribution in [0.2, 0.25) is 0 Å². The lowest BCUT2D eigenvalue weighted by Gasteiger charge is -2.21. The number of hydrogen-bond donors (Lipinski definition) is 2. The first-order valence-electron chi connectivity index (χ1n) is 8.20. The van der Waals surface area contributed by atoms with Gasteiger partial charge in [0.2, 0.25) is 5.91 Å². The average Bonchev–Trinajstić information content (AvgIpc) is 3.00. The van der Waals surface area contributed by atoms with E-state index in [-0.39, 0.29) is 18.4 Å². The third kappa shape index (κ3) is 4.57. The van der Waals surface area contributed by atoms with Crippen LogP contribution in [0.25, 0.3) is 0 Å². The van der Waals surface area contributed by atoms with Gasteiger partial charge in [-0.2, -0.15) is 0 Å². The summed E-state index contributed by atoms with van der Waals surface area (Å²) in [5, 5.41) is 11.8. The summed E-state index contributed by atoms with van der Waals surface area (Å²) in [6.07, 6.45) is -1.11. The fourth-order valence-electron chi connectivity index (χ4n) is 3.10. The highest BCUT2D eigenvalue weighted by Crippen LogP contribution is 2.23. The van der Waals surface area contributed by atoms with Crippen molar-refractivity contribution in [1.29, 1.82) is 0 Å². The smallest absolute Gasteiger partial charge is 0.332 e. The van der Waals surface area contributed by atoms with E-state index in [1.54, 1.807) is 0 Å². The zero-order valence-corrected chi connectivity index (χ0v) is 15.0. The Bertz CT molecular complexity index is 678. The van der Waals surface area contributed by atoms with Crippen LogP contribution < -0.4 is 5.32 Å². The number of carbonyl (C=O) groups excluding carboxylic acids is 2. The van der Waals surface area contributed by atoms with E-state index in [1.807, 2.05) is 32.9 Å². The van der Waals surface area contributed by atoms with Crippen LogP contribution in [-0.2, 0) is 19.1 Å². The molecule has 1 heterocycles. The molecule has 0 bridgehead atoms. The van der Waals surface area contributed by atoms with Crippen molar-refractivity contribution in [3.8, 4) is 0 Å². The van der Waals surface area contributed by atoms with Crippen molar-refractivity contribution in [2.45, 2.75) is 45.8 Å². The van der Waals surface area contributed by atoms with Crippen LogP contribution in [0.4, 0.5) is 5.69 Å². The third-order valence-electron chi connectivity index (χ3n) is 4.27. The summed E-state index contributed by atoms with van der Waals surface area (Å²) >= 11 is 0. The lowest BCUT2D eigenvalue weighted by molar-refractivity contribution is -0.154. The Morgan fingerprint density at radius 3 is 2.24 bits per heavy atom. The number of carboxylic acid groups (broad SMARTS) is 1. The monoisotopic (exact) mass is 348 g/mol. The SMILES string of the molecule is Cc1cc(C)c(NC(=O)CN(C)C(=O)[C@@H]2CC[C@H](C(=O)O)O2)c(C)c1. The fraction of sp³-hybridized carbons (Fsp3) is 0.500. The summed E-state index contributed by atoms with van der Waals surface area (Å²) < 4.78 is 5.23. The molecule has 1 aliphatic rings. The summed E-state index contributed by atoms with van der Waals surface area (Å²) in [5.74, 6) is -1.75. The van der Waals surface area contributed by atoms with Crippen molar-refractivity contribution in [3.05, 3.63) is 28.8 Å². The molecule has 0 aromatic heterocycles. The minimum Gasteiger partial charge on any atom is -0.479 e. The number of rotatable bonds is 5. The molecule has 0 spiro atoms. The van der Waals surface area contributed by atoms with Crippen molar-refractivity contribution in [1.82, 2.24) is 4.90 Å². The van der Waals surface area contributed by atoms with E-state index >= 15 is 0 Å². The molecule has 1 saturated heterocycles. The molecule has 2 atom stereocenters. The molecule has 0 radical (unpaired) electrons. The molecule has 1 fully saturated rings. The number of carboxylic acids is 1. The molecule has 1 aromatic carbocycles. The molecule has 0 aliphatic carbocycles. The van der Waals surface area contributed by atoms with Gasteiger partial charge in [-0.15, -0.1) is 0 Å². The Morgan fingerprint density at radius 2 is 1.72 bits per heavy atom. The van der Waals surface area contributed by atoms with Gasteiger partial charge in [-0.25, -0.2) is 4.79 Å². The molecule has 1 aromatic rings. The fourth-order valence-corrected chi connectivity index (χ4v) is 3.10. The topological polar surface area (TPSA) is 95.9 Å². The highest BCUT2D eigenvalue weighted by atomic mass is 16.5. The first-order valence-corrected chi connectivity index (χ1v) is 8.20. The van der Waals surface area contributed by atoms with Gasteiger partial charge < -0.3 is 20.1 Å². The number of nitrogens with one attached hydrogen (secondary N) is 1. The van der Waals surface area contributed by atoms with Crippen LogP contribution in [0.5, 0.6) is 0 Å². The molecular formula is C18H24N2O5. The van der Waals surface area contributed by atoms with Gasteiger partial charge in [-0.1, -0.05) is 17.7 Å². The standard InChI is InChI=1S/C18H24N2O5/c1-10-7-11(2)16(12(3)8-10)19-15(21)9-20(4)17(22)13-5-6-14(25-13)18(23)24/h7-8,13-14H,5-6,9H2,1-4H3,(H,19,21)(H,23,24)/t13-,14+/m0/s1. The van der Waals surface area contributed by atoms with Crippen LogP contribution >= 0.6 is 0 Å². The number of anilines is 1. The zero-order valence-electron chi connectivity index (χ0n) is 15.0. The van der Waals surface area contributed by atoms with Crippen LogP contribution in [-0.4, -0.2) is 53.6 Å². The number of nitrogens with zero attached hydrogens (tertiary/aromatic N) is 1. The average molecular weight is 348 g/mol. The maximum Gasteiger partial charge on any atom is 0.332 e. The van der Waals surface area contributed by atoms with E-state index < -0.39 is 18.2 Å². The molecule has 1 aliphatic heterocycles. The van der Waals surface area contributed by atoms with Crippen LogP contribution in [0.3, 0.4) is 0 Å². The zero-order chi connectivity index (χ0) is 18.7. The quantitative estimate of drug-likeness (QED) is 0.843. The molecule has 2 rings (SSSR count). The van der Waals surface area contributed by atoms with Gasteiger partial charge in [0.15, 0.2) is 6.10 Å². The van der Waals surface area contributed by atoms with Gasteiger partial charge in [0.05, 0.1) is 6.54 Å². The summed E-state index contributed by atoms with van der Waals surface area (Å²) in [7, 11) is 1.51. The maximum absolute atomic E-state index is 12.3. The molecule has 2 N–H and O–H groups in total. The molecule has 2 amide bonds. The Labute approximate surface area is 147 Å². The van der Waals surface area contributed by atoms with Crippen LogP contribution in [0, 0.1) is 20.8 Å². The number of benzene rings is 1.